The topological polar surface area (TPSA) is 88.9 Å². The summed E-state index contributed by atoms with van der Waals surface area (Å²) in [5.74, 6) is 0.629. The summed E-state index contributed by atoms with van der Waals surface area (Å²) < 4.78 is 1.87. The number of hydrogen-bond acceptors (Lipinski definition) is 5. The van der Waals surface area contributed by atoms with Gasteiger partial charge in [0.2, 0.25) is 11.8 Å². The number of aromatic nitrogens is 3. The number of benzene rings is 2. The number of carbonyl (C=O) groups is 2. The molecular weight excluding hydrogens is 398 g/mol. The first-order chi connectivity index (χ1) is 14.7. The third kappa shape index (κ3) is 6.45. The zero-order valence-corrected chi connectivity index (χ0v) is 17.7. The molecule has 2 amide bonds. The van der Waals surface area contributed by atoms with Crippen LogP contribution in [0.15, 0.2) is 65.8 Å². The van der Waals surface area contributed by atoms with Gasteiger partial charge in [-0.2, -0.15) is 0 Å². The first kappa shape index (κ1) is 21.6. The van der Waals surface area contributed by atoms with E-state index in [4.69, 9.17) is 0 Å². The molecule has 0 fully saturated rings. The summed E-state index contributed by atoms with van der Waals surface area (Å²) in [5.41, 5.74) is 1.93. The van der Waals surface area contributed by atoms with E-state index < -0.39 is 0 Å². The maximum Gasteiger partial charge on any atom is 0.232 e. The third-order valence-electron chi connectivity index (χ3n) is 4.40. The van der Waals surface area contributed by atoms with Gasteiger partial charge in [0.05, 0.1) is 12.2 Å². The van der Waals surface area contributed by atoms with Crippen LogP contribution in [0.1, 0.15) is 18.3 Å². The van der Waals surface area contributed by atoms with E-state index in [1.807, 2.05) is 72.2 Å². The van der Waals surface area contributed by atoms with Crippen LogP contribution in [0.2, 0.25) is 0 Å². The van der Waals surface area contributed by atoms with Crippen LogP contribution < -0.4 is 10.6 Å². The molecule has 2 aromatic carbocycles. The molecule has 156 valence electrons. The predicted octanol–water partition coefficient (Wildman–Crippen LogP) is 2.93. The molecule has 7 nitrogen and oxygen atoms in total. The summed E-state index contributed by atoms with van der Waals surface area (Å²) in [6.45, 7) is 3.18. The molecule has 1 aromatic heterocycles. The molecule has 0 unspecified atom stereocenters. The monoisotopic (exact) mass is 423 g/mol. The van der Waals surface area contributed by atoms with Gasteiger partial charge in [0.1, 0.15) is 5.82 Å². The lowest BCUT2D eigenvalue weighted by molar-refractivity contribution is -0.118. The fourth-order valence-corrected chi connectivity index (χ4v) is 3.77. The Morgan fingerprint density at radius 2 is 1.67 bits per heavy atom. The molecular formula is C22H25N5O2S. The Morgan fingerprint density at radius 3 is 2.37 bits per heavy atom. The van der Waals surface area contributed by atoms with E-state index in [9.17, 15) is 9.59 Å². The number of nitrogens with zero attached hydrogens (tertiary/aromatic N) is 3. The lowest BCUT2D eigenvalue weighted by Gasteiger charge is -2.08. The van der Waals surface area contributed by atoms with Crippen molar-refractivity contribution < 1.29 is 9.59 Å². The van der Waals surface area contributed by atoms with Crippen molar-refractivity contribution in [3.05, 3.63) is 72.1 Å². The highest BCUT2D eigenvalue weighted by atomic mass is 32.2. The molecule has 1 heterocycles. The van der Waals surface area contributed by atoms with Crippen molar-refractivity contribution >= 4 is 29.3 Å². The molecule has 0 radical (unpaired) electrons. The van der Waals surface area contributed by atoms with Gasteiger partial charge in [0, 0.05) is 18.8 Å². The van der Waals surface area contributed by atoms with Crippen molar-refractivity contribution in [2.75, 3.05) is 17.6 Å². The SMILES string of the molecule is CCn1c(CC(=O)Nc2ccccc2)nnc1SCC(=O)NCCc1ccccc1. The molecule has 8 heteroatoms. The first-order valence-corrected chi connectivity index (χ1v) is 10.8. The lowest BCUT2D eigenvalue weighted by atomic mass is 10.1. The Hall–Kier alpha value is -3.13. The first-order valence-electron chi connectivity index (χ1n) is 9.86. The van der Waals surface area contributed by atoms with Crippen LogP contribution in [0.4, 0.5) is 5.69 Å². The average molecular weight is 424 g/mol. The Labute approximate surface area is 180 Å². The number of nitrogens with one attached hydrogen (secondary N) is 2. The van der Waals surface area contributed by atoms with Crippen LogP contribution >= 0.6 is 11.8 Å². The fourth-order valence-electron chi connectivity index (χ4n) is 2.92. The van der Waals surface area contributed by atoms with Crippen molar-refractivity contribution in [2.24, 2.45) is 0 Å². The highest BCUT2D eigenvalue weighted by Gasteiger charge is 2.16. The summed E-state index contributed by atoms with van der Waals surface area (Å²) in [6.07, 6.45) is 0.919. The van der Waals surface area contributed by atoms with E-state index in [2.05, 4.69) is 20.8 Å². The minimum absolute atomic E-state index is 0.0510. The number of para-hydroxylation sites is 1. The molecule has 0 bridgehead atoms. The Bertz CT molecular complexity index is 960. The average Bonchev–Trinajstić information content (AvgIpc) is 3.15. The van der Waals surface area contributed by atoms with Crippen LogP contribution in [0.5, 0.6) is 0 Å². The fraction of sp³-hybridized carbons (Fsp3) is 0.273. The molecule has 0 spiro atoms. The normalized spacial score (nSPS) is 10.6. The summed E-state index contributed by atoms with van der Waals surface area (Å²) in [4.78, 5) is 24.4. The van der Waals surface area contributed by atoms with Gasteiger partial charge in [-0.3, -0.25) is 9.59 Å². The van der Waals surface area contributed by atoms with Crippen molar-refractivity contribution in [1.29, 1.82) is 0 Å². The van der Waals surface area contributed by atoms with Gasteiger partial charge >= 0.3 is 0 Å². The number of carbonyl (C=O) groups excluding carboxylic acids is 2. The predicted molar refractivity (Wildman–Crippen MR) is 118 cm³/mol. The number of hydrogen-bond donors (Lipinski definition) is 2. The van der Waals surface area contributed by atoms with Crippen LogP contribution in [0, 0.1) is 0 Å². The minimum Gasteiger partial charge on any atom is -0.355 e. The second-order valence-electron chi connectivity index (χ2n) is 6.61. The Morgan fingerprint density at radius 1 is 0.967 bits per heavy atom. The molecule has 0 aliphatic rings. The van der Waals surface area contributed by atoms with E-state index in [0.29, 0.717) is 24.1 Å². The molecule has 3 aromatic rings. The number of amides is 2. The van der Waals surface area contributed by atoms with Crippen molar-refractivity contribution in [3.63, 3.8) is 0 Å². The van der Waals surface area contributed by atoms with Gasteiger partial charge < -0.3 is 15.2 Å². The summed E-state index contributed by atoms with van der Waals surface area (Å²) in [6, 6.07) is 19.3. The van der Waals surface area contributed by atoms with Crippen molar-refractivity contribution in [1.82, 2.24) is 20.1 Å². The summed E-state index contributed by atoms with van der Waals surface area (Å²) >= 11 is 1.32. The van der Waals surface area contributed by atoms with Crippen molar-refractivity contribution in [2.45, 2.75) is 31.5 Å². The van der Waals surface area contributed by atoms with E-state index >= 15 is 0 Å². The molecule has 0 aliphatic heterocycles. The summed E-state index contributed by atoms with van der Waals surface area (Å²) in [5, 5.41) is 14.7. The van der Waals surface area contributed by atoms with Crippen LogP contribution in [-0.4, -0.2) is 38.9 Å². The highest BCUT2D eigenvalue weighted by molar-refractivity contribution is 7.99. The second-order valence-corrected chi connectivity index (χ2v) is 7.55. The van der Waals surface area contributed by atoms with Gasteiger partial charge in [0.15, 0.2) is 5.16 Å². The maximum absolute atomic E-state index is 12.3. The van der Waals surface area contributed by atoms with Crippen LogP contribution in [-0.2, 0) is 29.0 Å². The van der Waals surface area contributed by atoms with Crippen LogP contribution in [0.25, 0.3) is 0 Å². The van der Waals surface area contributed by atoms with Crippen LogP contribution in [0.3, 0.4) is 0 Å². The molecule has 0 aliphatic carbocycles. The van der Waals surface area contributed by atoms with E-state index in [1.54, 1.807) is 0 Å². The van der Waals surface area contributed by atoms with E-state index in [-0.39, 0.29) is 24.0 Å². The Balaban J connectivity index is 1.47. The number of anilines is 1. The molecule has 0 saturated carbocycles. The van der Waals surface area contributed by atoms with Gasteiger partial charge in [-0.15, -0.1) is 10.2 Å². The molecule has 3 rings (SSSR count). The summed E-state index contributed by atoms with van der Waals surface area (Å²) in [7, 11) is 0. The van der Waals surface area contributed by atoms with E-state index in [0.717, 1.165) is 12.1 Å². The largest absolute Gasteiger partial charge is 0.355 e. The maximum atomic E-state index is 12.3. The molecule has 0 saturated heterocycles. The number of rotatable bonds is 10. The smallest absolute Gasteiger partial charge is 0.232 e. The molecule has 0 atom stereocenters. The highest BCUT2D eigenvalue weighted by Crippen LogP contribution is 2.17. The van der Waals surface area contributed by atoms with Gasteiger partial charge in [-0.25, -0.2) is 0 Å². The zero-order chi connectivity index (χ0) is 21.2. The quantitative estimate of drug-likeness (QED) is 0.490. The second kappa shape index (κ2) is 11.2. The van der Waals surface area contributed by atoms with E-state index in [1.165, 1.54) is 17.3 Å². The van der Waals surface area contributed by atoms with Crippen molar-refractivity contribution in [3.8, 4) is 0 Å². The van der Waals surface area contributed by atoms with Gasteiger partial charge in [-0.1, -0.05) is 60.3 Å². The number of thioether (sulfide) groups is 1. The zero-order valence-electron chi connectivity index (χ0n) is 16.9. The third-order valence-corrected chi connectivity index (χ3v) is 5.36. The van der Waals surface area contributed by atoms with Gasteiger partial charge in [-0.05, 0) is 31.0 Å². The lowest BCUT2D eigenvalue weighted by Crippen LogP contribution is -2.27. The van der Waals surface area contributed by atoms with Gasteiger partial charge in [0.25, 0.3) is 0 Å². The Kier molecular flexibility index (Phi) is 8.02. The standard InChI is InChI=1S/C22H25N5O2S/c1-2-27-19(15-20(28)24-18-11-7-4-8-12-18)25-26-22(27)30-16-21(29)23-14-13-17-9-5-3-6-10-17/h3-12H,2,13-16H2,1H3,(H,23,29)(H,24,28). The molecule has 30 heavy (non-hydrogen) atoms. The minimum atomic E-state index is -0.154. The molecule has 2 N–H and O–H groups in total.